The normalized spacial score (nSPS) is 21.6. The lowest BCUT2D eigenvalue weighted by atomic mass is 9.89. The number of rotatable bonds is 3. The lowest BCUT2D eigenvalue weighted by molar-refractivity contribution is 0.358. The van der Waals surface area contributed by atoms with Gasteiger partial charge >= 0.3 is 0 Å². The summed E-state index contributed by atoms with van der Waals surface area (Å²) in [6.07, 6.45) is 8.42. The molecule has 5 heteroatoms. The third kappa shape index (κ3) is 2.96. The van der Waals surface area contributed by atoms with E-state index in [0.29, 0.717) is 5.41 Å². The number of aromatic nitrogens is 2. The first-order chi connectivity index (χ1) is 9.27. The molecule has 2 aliphatic rings. The van der Waals surface area contributed by atoms with Crippen LogP contribution in [0.5, 0.6) is 0 Å². The first-order valence-corrected chi connectivity index (χ1v) is 8.14. The maximum atomic E-state index is 4.75. The minimum absolute atomic E-state index is 0.540. The Labute approximate surface area is 119 Å². The lowest BCUT2D eigenvalue weighted by Gasteiger charge is -2.31. The number of nitrogens with one attached hydrogen (secondary N) is 1. The van der Waals surface area contributed by atoms with Gasteiger partial charge in [0.05, 0.1) is 0 Å². The molecule has 1 saturated carbocycles. The molecule has 0 amide bonds. The predicted molar refractivity (Wildman–Crippen MR) is 80.6 cm³/mol. The first-order valence-electron chi connectivity index (χ1n) is 7.15. The Bertz CT molecular complexity index is 460. The van der Waals surface area contributed by atoms with E-state index in [1.807, 2.05) is 29.7 Å². The van der Waals surface area contributed by atoms with Crippen LogP contribution in [0.3, 0.4) is 0 Å². The van der Waals surface area contributed by atoms with E-state index in [9.17, 15) is 0 Å². The smallest absolute Gasteiger partial charge is 0.156 e. The number of thioether (sulfide) groups is 1. The number of nitrogens with zero attached hydrogens (tertiary/aromatic N) is 3. The fourth-order valence-corrected chi connectivity index (χ4v) is 4.21. The molecular weight excluding hydrogens is 256 g/mol. The molecule has 1 aliphatic heterocycles. The highest BCUT2D eigenvalue weighted by Gasteiger charge is 2.36. The number of amidine groups is 1. The Morgan fingerprint density at radius 2 is 2.26 bits per heavy atom. The van der Waals surface area contributed by atoms with Crippen molar-refractivity contribution in [2.24, 2.45) is 17.5 Å². The van der Waals surface area contributed by atoms with Crippen molar-refractivity contribution in [1.82, 2.24) is 15.1 Å². The standard InChI is InChI=1S/C14H22N4S/c1-18-12(5-9-17-18)4-8-15-13-16-10-14(11-19-13)6-2-3-7-14/h5,9H,2-4,6-8,10-11H2,1H3,(H,15,16). The van der Waals surface area contributed by atoms with Gasteiger partial charge in [-0.3, -0.25) is 9.67 Å². The zero-order chi connectivity index (χ0) is 13.1. The fraction of sp³-hybridized carbons (Fsp3) is 0.714. The molecule has 1 spiro atoms. The molecule has 3 rings (SSSR count). The molecule has 19 heavy (non-hydrogen) atoms. The Balaban J connectivity index is 1.46. The Morgan fingerprint density at radius 3 is 2.89 bits per heavy atom. The van der Waals surface area contributed by atoms with Crippen LogP contribution in [0.25, 0.3) is 0 Å². The Hall–Kier alpha value is -0.970. The van der Waals surface area contributed by atoms with Gasteiger partial charge in [-0.25, -0.2) is 0 Å². The molecule has 2 heterocycles. The van der Waals surface area contributed by atoms with E-state index < -0.39 is 0 Å². The summed E-state index contributed by atoms with van der Waals surface area (Å²) in [5, 5.41) is 8.79. The SMILES string of the molecule is Cn1nccc1CCNC1=NCC2(CCCC2)CS1. The van der Waals surface area contributed by atoms with Crippen molar-refractivity contribution < 1.29 is 0 Å². The summed E-state index contributed by atoms with van der Waals surface area (Å²) in [5.74, 6) is 1.25. The molecule has 1 fully saturated rings. The van der Waals surface area contributed by atoms with Crippen molar-refractivity contribution in [3.05, 3.63) is 18.0 Å². The summed E-state index contributed by atoms with van der Waals surface area (Å²) in [6, 6.07) is 2.07. The minimum atomic E-state index is 0.540. The van der Waals surface area contributed by atoms with Crippen molar-refractivity contribution in [2.45, 2.75) is 32.1 Å². The molecule has 1 aromatic rings. The summed E-state index contributed by atoms with van der Waals surface area (Å²) >= 11 is 1.92. The summed E-state index contributed by atoms with van der Waals surface area (Å²) in [6.45, 7) is 1.98. The molecule has 0 bridgehead atoms. The zero-order valence-electron chi connectivity index (χ0n) is 11.6. The maximum Gasteiger partial charge on any atom is 0.156 e. The summed E-state index contributed by atoms with van der Waals surface area (Å²) in [7, 11) is 1.99. The van der Waals surface area contributed by atoms with Crippen LogP contribution in [0.4, 0.5) is 0 Å². The van der Waals surface area contributed by atoms with Crippen molar-refractivity contribution in [1.29, 1.82) is 0 Å². The molecule has 0 atom stereocenters. The first kappa shape index (κ1) is 13.0. The summed E-state index contributed by atoms with van der Waals surface area (Å²) < 4.78 is 1.94. The van der Waals surface area contributed by atoms with E-state index in [0.717, 1.165) is 24.7 Å². The molecule has 4 nitrogen and oxygen atoms in total. The average molecular weight is 278 g/mol. The maximum absolute atomic E-state index is 4.75. The third-order valence-electron chi connectivity index (χ3n) is 4.32. The molecule has 0 unspecified atom stereocenters. The third-order valence-corrected chi connectivity index (χ3v) is 5.62. The van der Waals surface area contributed by atoms with E-state index in [2.05, 4.69) is 16.5 Å². The van der Waals surface area contributed by atoms with Gasteiger partial charge in [0.1, 0.15) is 0 Å². The molecule has 1 aromatic heterocycles. The number of hydrogen-bond donors (Lipinski definition) is 1. The van der Waals surface area contributed by atoms with Gasteiger partial charge in [0.25, 0.3) is 0 Å². The van der Waals surface area contributed by atoms with E-state index in [1.54, 1.807) is 0 Å². The second kappa shape index (κ2) is 5.57. The van der Waals surface area contributed by atoms with Crippen LogP contribution in [0.1, 0.15) is 31.4 Å². The van der Waals surface area contributed by atoms with Crippen LogP contribution >= 0.6 is 11.8 Å². The monoisotopic (exact) mass is 278 g/mol. The van der Waals surface area contributed by atoms with E-state index in [4.69, 9.17) is 4.99 Å². The fourth-order valence-electron chi connectivity index (χ4n) is 3.03. The largest absolute Gasteiger partial charge is 0.365 e. The van der Waals surface area contributed by atoms with Crippen LogP contribution < -0.4 is 5.32 Å². The molecule has 1 aliphatic carbocycles. The van der Waals surface area contributed by atoms with E-state index in [1.165, 1.54) is 37.1 Å². The second-order valence-corrected chi connectivity index (χ2v) is 6.70. The highest BCUT2D eigenvalue weighted by Crippen LogP contribution is 2.43. The van der Waals surface area contributed by atoms with Crippen molar-refractivity contribution in [3.8, 4) is 0 Å². The van der Waals surface area contributed by atoms with Crippen molar-refractivity contribution in [2.75, 3.05) is 18.8 Å². The molecule has 1 N–H and O–H groups in total. The topological polar surface area (TPSA) is 42.2 Å². The van der Waals surface area contributed by atoms with Crippen LogP contribution in [0, 0.1) is 5.41 Å². The average Bonchev–Trinajstić information content (AvgIpc) is 3.03. The van der Waals surface area contributed by atoms with Crippen LogP contribution in [0.15, 0.2) is 17.3 Å². The second-order valence-electron chi connectivity index (χ2n) is 5.74. The number of aliphatic imine (C=N–C) groups is 1. The van der Waals surface area contributed by atoms with Crippen molar-refractivity contribution >= 4 is 16.9 Å². The molecular formula is C14H22N4S. The molecule has 104 valence electrons. The lowest BCUT2D eigenvalue weighted by Crippen LogP contribution is -2.34. The van der Waals surface area contributed by atoms with Gasteiger partial charge < -0.3 is 5.32 Å². The van der Waals surface area contributed by atoms with E-state index >= 15 is 0 Å². The zero-order valence-corrected chi connectivity index (χ0v) is 12.4. The van der Waals surface area contributed by atoms with Crippen molar-refractivity contribution in [3.63, 3.8) is 0 Å². The van der Waals surface area contributed by atoms with Gasteiger partial charge in [0.2, 0.25) is 0 Å². The van der Waals surface area contributed by atoms with Crippen LogP contribution in [-0.4, -0.2) is 33.8 Å². The van der Waals surface area contributed by atoms with Gasteiger partial charge in [-0.2, -0.15) is 5.10 Å². The quantitative estimate of drug-likeness (QED) is 0.922. The Kier molecular flexibility index (Phi) is 3.82. The molecule has 0 radical (unpaired) electrons. The number of hydrogen-bond acceptors (Lipinski definition) is 4. The number of aryl methyl sites for hydroxylation is 1. The molecule has 0 aromatic carbocycles. The van der Waals surface area contributed by atoms with Gasteiger partial charge in [-0.15, -0.1) is 0 Å². The van der Waals surface area contributed by atoms with Gasteiger partial charge in [-0.05, 0) is 24.3 Å². The highest BCUT2D eigenvalue weighted by molar-refractivity contribution is 8.13. The van der Waals surface area contributed by atoms with Gasteiger partial charge in [-0.1, -0.05) is 24.6 Å². The predicted octanol–water partition coefficient (Wildman–Crippen LogP) is 2.22. The van der Waals surface area contributed by atoms with Crippen LogP contribution in [0.2, 0.25) is 0 Å². The summed E-state index contributed by atoms with van der Waals surface area (Å²) in [4.78, 5) is 4.75. The van der Waals surface area contributed by atoms with Crippen LogP contribution in [-0.2, 0) is 13.5 Å². The Morgan fingerprint density at radius 1 is 1.42 bits per heavy atom. The van der Waals surface area contributed by atoms with E-state index in [-0.39, 0.29) is 0 Å². The molecule has 0 saturated heterocycles. The highest BCUT2D eigenvalue weighted by atomic mass is 32.2. The van der Waals surface area contributed by atoms with Gasteiger partial charge in [0.15, 0.2) is 5.17 Å². The van der Waals surface area contributed by atoms with Gasteiger partial charge in [0, 0.05) is 44.2 Å². The minimum Gasteiger partial charge on any atom is -0.365 e. The summed E-state index contributed by atoms with van der Waals surface area (Å²) in [5.41, 5.74) is 1.80.